The average Bonchev–Trinajstić information content (AvgIpc) is 3.34. The first kappa shape index (κ1) is 24.0. The third-order valence-electron chi connectivity index (χ3n) is 7.12. The van der Waals surface area contributed by atoms with Crippen LogP contribution in [0.3, 0.4) is 0 Å². The second kappa shape index (κ2) is 10.1. The van der Waals surface area contributed by atoms with Crippen LogP contribution in [-0.2, 0) is 6.42 Å². The molecule has 2 aliphatic rings. The summed E-state index contributed by atoms with van der Waals surface area (Å²) in [5.41, 5.74) is 2.80. The van der Waals surface area contributed by atoms with Gasteiger partial charge in [0.15, 0.2) is 0 Å². The molecule has 1 aromatic carbocycles. The van der Waals surface area contributed by atoms with E-state index in [-0.39, 0.29) is 11.4 Å². The smallest absolute Gasteiger partial charge is 0.337 e. The van der Waals surface area contributed by atoms with Gasteiger partial charge in [0, 0.05) is 56.6 Å². The summed E-state index contributed by atoms with van der Waals surface area (Å²) in [6.07, 6.45) is 4.39. The van der Waals surface area contributed by atoms with E-state index in [1.165, 1.54) is 18.3 Å². The Hall–Kier alpha value is -3.75. The number of pyridine rings is 1. The fourth-order valence-electron chi connectivity index (χ4n) is 5.02. The van der Waals surface area contributed by atoms with Crippen LogP contribution >= 0.6 is 0 Å². The highest BCUT2D eigenvalue weighted by Crippen LogP contribution is 2.30. The molecule has 9 heteroatoms. The van der Waals surface area contributed by atoms with Crippen molar-refractivity contribution in [1.82, 2.24) is 15.0 Å². The SMILES string of the molecule is CCc1cc(C(=O)O)cnc1N1CCN(c2cc(-c3ccc(F)cc3)nc(N3CCCC3C)n2)CC1. The molecule has 1 unspecified atom stereocenters. The van der Waals surface area contributed by atoms with Gasteiger partial charge in [-0.05, 0) is 62.1 Å². The number of aromatic nitrogens is 3. The van der Waals surface area contributed by atoms with Crippen molar-refractivity contribution >= 4 is 23.6 Å². The quantitative estimate of drug-likeness (QED) is 0.549. The van der Waals surface area contributed by atoms with Gasteiger partial charge in [-0.25, -0.2) is 19.2 Å². The summed E-state index contributed by atoms with van der Waals surface area (Å²) in [6.45, 7) is 8.14. The molecule has 0 bridgehead atoms. The Kier molecular flexibility index (Phi) is 6.71. The second-order valence-electron chi connectivity index (χ2n) is 9.44. The molecule has 188 valence electrons. The van der Waals surface area contributed by atoms with Gasteiger partial charge in [0.2, 0.25) is 5.95 Å². The normalized spacial score (nSPS) is 18.1. The monoisotopic (exact) mass is 490 g/mol. The number of benzene rings is 1. The molecular formula is C27H31FN6O2. The van der Waals surface area contributed by atoms with Gasteiger partial charge in [0.25, 0.3) is 0 Å². The van der Waals surface area contributed by atoms with Gasteiger partial charge < -0.3 is 19.8 Å². The van der Waals surface area contributed by atoms with Crippen LogP contribution in [-0.4, -0.2) is 64.8 Å². The lowest BCUT2D eigenvalue weighted by atomic mass is 10.1. The third kappa shape index (κ3) is 4.82. The van der Waals surface area contributed by atoms with Crippen LogP contribution in [0.2, 0.25) is 0 Å². The Labute approximate surface area is 210 Å². The molecule has 0 spiro atoms. The number of anilines is 3. The van der Waals surface area contributed by atoms with E-state index in [1.807, 2.05) is 13.0 Å². The van der Waals surface area contributed by atoms with Crippen molar-refractivity contribution in [1.29, 1.82) is 0 Å². The van der Waals surface area contributed by atoms with Crippen molar-refractivity contribution < 1.29 is 14.3 Å². The Balaban J connectivity index is 1.40. The second-order valence-corrected chi connectivity index (χ2v) is 9.44. The predicted octanol–water partition coefficient (Wildman–Crippen LogP) is 4.25. The Morgan fingerprint density at radius 2 is 1.78 bits per heavy atom. The predicted molar refractivity (Wildman–Crippen MR) is 138 cm³/mol. The number of carboxylic acids is 1. The number of hydrogen-bond acceptors (Lipinski definition) is 7. The van der Waals surface area contributed by atoms with Crippen molar-refractivity contribution in [2.45, 2.75) is 39.2 Å². The third-order valence-corrected chi connectivity index (χ3v) is 7.12. The average molecular weight is 491 g/mol. The van der Waals surface area contributed by atoms with E-state index in [4.69, 9.17) is 9.97 Å². The molecule has 0 amide bonds. The first-order valence-electron chi connectivity index (χ1n) is 12.6. The van der Waals surface area contributed by atoms with Crippen LogP contribution in [0.4, 0.5) is 22.0 Å². The number of halogens is 1. The molecular weight excluding hydrogens is 459 g/mol. The van der Waals surface area contributed by atoms with E-state index in [0.29, 0.717) is 12.5 Å². The number of rotatable bonds is 6. The fourth-order valence-corrected chi connectivity index (χ4v) is 5.02. The van der Waals surface area contributed by atoms with E-state index in [2.05, 4.69) is 26.6 Å². The summed E-state index contributed by atoms with van der Waals surface area (Å²) < 4.78 is 13.6. The maximum Gasteiger partial charge on any atom is 0.337 e. The van der Waals surface area contributed by atoms with Gasteiger partial charge >= 0.3 is 5.97 Å². The van der Waals surface area contributed by atoms with Crippen molar-refractivity contribution in [3.8, 4) is 11.3 Å². The molecule has 0 saturated carbocycles. The molecule has 2 saturated heterocycles. The molecule has 5 rings (SSSR count). The zero-order valence-electron chi connectivity index (χ0n) is 20.7. The van der Waals surface area contributed by atoms with E-state index < -0.39 is 5.97 Å². The summed E-state index contributed by atoms with van der Waals surface area (Å²) >= 11 is 0. The minimum Gasteiger partial charge on any atom is -0.478 e. The fraction of sp³-hybridized carbons (Fsp3) is 0.407. The van der Waals surface area contributed by atoms with Crippen LogP contribution in [0, 0.1) is 5.82 Å². The molecule has 1 atom stereocenters. The maximum absolute atomic E-state index is 13.6. The van der Waals surface area contributed by atoms with Crippen molar-refractivity contribution in [3.05, 3.63) is 59.5 Å². The molecule has 8 nitrogen and oxygen atoms in total. The topological polar surface area (TPSA) is 85.7 Å². The van der Waals surface area contributed by atoms with Crippen LogP contribution < -0.4 is 14.7 Å². The molecule has 2 aliphatic heterocycles. The van der Waals surface area contributed by atoms with Gasteiger partial charge in [-0.2, -0.15) is 4.98 Å². The molecule has 36 heavy (non-hydrogen) atoms. The zero-order chi connectivity index (χ0) is 25.2. The minimum absolute atomic E-state index is 0.215. The van der Waals surface area contributed by atoms with Crippen molar-refractivity contribution in [3.63, 3.8) is 0 Å². The number of piperazine rings is 1. The number of carbonyl (C=O) groups is 1. The van der Waals surface area contributed by atoms with Gasteiger partial charge in [-0.1, -0.05) is 6.92 Å². The summed E-state index contributed by atoms with van der Waals surface area (Å²) in [4.78, 5) is 32.4. The maximum atomic E-state index is 13.6. The van der Waals surface area contributed by atoms with E-state index >= 15 is 0 Å². The molecule has 2 aromatic heterocycles. The lowest BCUT2D eigenvalue weighted by molar-refractivity contribution is 0.0696. The zero-order valence-corrected chi connectivity index (χ0v) is 20.7. The standard InChI is InChI=1S/C27H31FN6O2/c1-3-19-15-21(26(35)36)17-29-25(19)33-13-11-32(12-14-33)24-16-23(20-6-8-22(28)9-7-20)30-27(31-24)34-10-4-5-18(34)2/h6-9,15-18H,3-5,10-14H2,1-2H3,(H,35,36). The number of nitrogens with zero attached hydrogens (tertiary/aromatic N) is 6. The van der Waals surface area contributed by atoms with Crippen LogP contribution in [0.25, 0.3) is 11.3 Å². The van der Waals surface area contributed by atoms with Crippen molar-refractivity contribution in [2.24, 2.45) is 0 Å². The van der Waals surface area contributed by atoms with E-state index in [9.17, 15) is 14.3 Å². The minimum atomic E-state index is -0.961. The van der Waals surface area contributed by atoms with Crippen LogP contribution in [0.15, 0.2) is 42.6 Å². The number of aromatic carboxylic acids is 1. The van der Waals surface area contributed by atoms with Crippen LogP contribution in [0.5, 0.6) is 0 Å². The van der Waals surface area contributed by atoms with Crippen molar-refractivity contribution in [2.75, 3.05) is 47.4 Å². The van der Waals surface area contributed by atoms with E-state index in [0.717, 1.165) is 80.0 Å². The summed E-state index contributed by atoms with van der Waals surface area (Å²) in [5.74, 6) is 1.20. The lowest BCUT2D eigenvalue weighted by Crippen LogP contribution is -2.47. The van der Waals surface area contributed by atoms with Gasteiger partial charge in [-0.3, -0.25) is 0 Å². The largest absolute Gasteiger partial charge is 0.478 e. The molecule has 2 fully saturated rings. The van der Waals surface area contributed by atoms with Gasteiger partial charge in [0.1, 0.15) is 17.5 Å². The molecule has 4 heterocycles. The molecule has 0 aliphatic carbocycles. The first-order chi connectivity index (χ1) is 17.4. The Bertz CT molecular complexity index is 1240. The molecule has 3 aromatic rings. The number of hydrogen-bond donors (Lipinski definition) is 1. The molecule has 1 N–H and O–H groups in total. The highest BCUT2D eigenvalue weighted by atomic mass is 19.1. The highest BCUT2D eigenvalue weighted by Gasteiger charge is 2.26. The van der Waals surface area contributed by atoms with Gasteiger partial charge in [-0.15, -0.1) is 0 Å². The Morgan fingerprint density at radius 3 is 2.42 bits per heavy atom. The highest BCUT2D eigenvalue weighted by molar-refractivity contribution is 5.87. The Morgan fingerprint density at radius 1 is 1.06 bits per heavy atom. The van der Waals surface area contributed by atoms with Gasteiger partial charge in [0.05, 0.1) is 11.3 Å². The lowest BCUT2D eigenvalue weighted by Gasteiger charge is -2.37. The van der Waals surface area contributed by atoms with E-state index in [1.54, 1.807) is 18.2 Å². The first-order valence-corrected chi connectivity index (χ1v) is 12.6. The van der Waals surface area contributed by atoms with Crippen LogP contribution in [0.1, 0.15) is 42.6 Å². The summed E-state index contributed by atoms with van der Waals surface area (Å²) in [6, 6.07) is 10.5. The number of carboxylic acid groups (broad SMARTS) is 1. The molecule has 0 radical (unpaired) electrons. The summed E-state index contributed by atoms with van der Waals surface area (Å²) in [5, 5.41) is 9.31. The number of aryl methyl sites for hydroxylation is 1. The summed E-state index contributed by atoms with van der Waals surface area (Å²) in [7, 11) is 0.